The molecular formula is C13H20FNO2. The molecule has 0 saturated carbocycles. The van der Waals surface area contributed by atoms with Gasteiger partial charge in [0.25, 0.3) is 0 Å². The van der Waals surface area contributed by atoms with E-state index in [-0.39, 0.29) is 11.3 Å². The summed E-state index contributed by atoms with van der Waals surface area (Å²) in [6.07, 6.45) is 0.793. The number of rotatable bonds is 6. The van der Waals surface area contributed by atoms with Crippen molar-refractivity contribution in [3.8, 4) is 0 Å². The fraction of sp³-hybridized carbons (Fsp3) is 0.538. The van der Waals surface area contributed by atoms with Gasteiger partial charge in [-0.1, -0.05) is 6.07 Å². The van der Waals surface area contributed by atoms with E-state index in [9.17, 15) is 4.39 Å². The van der Waals surface area contributed by atoms with Crippen LogP contribution in [-0.2, 0) is 16.1 Å². The number of halogens is 1. The van der Waals surface area contributed by atoms with Gasteiger partial charge < -0.3 is 15.2 Å². The average Bonchev–Trinajstić information content (AvgIpc) is 2.29. The molecule has 2 N–H and O–H groups in total. The molecule has 0 aliphatic carbocycles. The van der Waals surface area contributed by atoms with Crippen molar-refractivity contribution in [2.45, 2.75) is 32.5 Å². The molecular weight excluding hydrogens is 221 g/mol. The zero-order valence-corrected chi connectivity index (χ0v) is 10.6. The van der Waals surface area contributed by atoms with Crippen LogP contribution in [0.2, 0.25) is 0 Å². The highest BCUT2D eigenvalue weighted by atomic mass is 19.1. The van der Waals surface area contributed by atoms with Gasteiger partial charge in [0.15, 0.2) is 0 Å². The molecule has 0 amide bonds. The Morgan fingerprint density at radius 3 is 2.65 bits per heavy atom. The molecule has 96 valence electrons. The van der Waals surface area contributed by atoms with E-state index in [0.717, 1.165) is 12.0 Å². The molecule has 0 spiro atoms. The third-order valence-electron chi connectivity index (χ3n) is 2.73. The topological polar surface area (TPSA) is 44.5 Å². The minimum atomic E-state index is -0.400. The second-order valence-electron chi connectivity index (χ2n) is 4.62. The van der Waals surface area contributed by atoms with E-state index in [1.165, 1.54) is 6.07 Å². The summed E-state index contributed by atoms with van der Waals surface area (Å²) in [7, 11) is 1.68. The maximum Gasteiger partial charge on any atom is 0.146 e. The van der Waals surface area contributed by atoms with E-state index in [4.69, 9.17) is 15.2 Å². The van der Waals surface area contributed by atoms with Gasteiger partial charge in [-0.05, 0) is 38.0 Å². The third-order valence-corrected chi connectivity index (χ3v) is 2.73. The van der Waals surface area contributed by atoms with Crippen molar-refractivity contribution in [1.29, 1.82) is 0 Å². The van der Waals surface area contributed by atoms with Crippen LogP contribution in [0.5, 0.6) is 0 Å². The Kier molecular flexibility index (Phi) is 4.90. The van der Waals surface area contributed by atoms with Gasteiger partial charge in [0.1, 0.15) is 5.82 Å². The standard InChI is InChI=1S/C13H20FNO2/c1-13(2,16-3)6-7-17-9-10-4-5-12(15)11(14)8-10/h4-5,8H,6-7,9,15H2,1-3H3. The summed E-state index contributed by atoms with van der Waals surface area (Å²) >= 11 is 0. The van der Waals surface area contributed by atoms with Crippen LogP contribution in [0.4, 0.5) is 10.1 Å². The number of methoxy groups -OCH3 is 1. The first-order valence-electron chi connectivity index (χ1n) is 5.61. The summed E-state index contributed by atoms with van der Waals surface area (Å²) in [5, 5.41) is 0. The quantitative estimate of drug-likeness (QED) is 0.615. The number of hydrogen-bond acceptors (Lipinski definition) is 3. The van der Waals surface area contributed by atoms with Crippen LogP contribution in [0.3, 0.4) is 0 Å². The van der Waals surface area contributed by atoms with E-state index < -0.39 is 5.82 Å². The fourth-order valence-electron chi connectivity index (χ4n) is 1.27. The molecule has 0 atom stereocenters. The highest BCUT2D eigenvalue weighted by molar-refractivity contribution is 5.41. The Morgan fingerprint density at radius 2 is 2.06 bits per heavy atom. The molecule has 0 unspecified atom stereocenters. The zero-order valence-electron chi connectivity index (χ0n) is 10.6. The summed E-state index contributed by atoms with van der Waals surface area (Å²) < 4.78 is 23.9. The Balaban J connectivity index is 2.34. The van der Waals surface area contributed by atoms with Crippen LogP contribution in [0.15, 0.2) is 18.2 Å². The maximum atomic E-state index is 13.1. The molecule has 0 saturated heterocycles. The maximum absolute atomic E-state index is 13.1. The number of benzene rings is 1. The lowest BCUT2D eigenvalue weighted by atomic mass is 10.1. The molecule has 0 aromatic heterocycles. The molecule has 0 radical (unpaired) electrons. The van der Waals surface area contributed by atoms with E-state index >= 15 is 0 Å². The first kappa shape index (κ1) is 13.9. The van der Waals surface area contributed by atoms with Gasteiger partial charge in [-0.25, -0.2) is 4.39 Å². The second-order valence-corrected chi connectivity index (χ2v) is 4.62. The second kappa shape index (κ2) is 5.98. The lowest BCUT2D eigenvalue weighted by molar-refractivity contribution is -0.0124. The predicted molar refractivity (Wildman–Crippen MR) is 66.2 cm³/mol. The summed E-state index contributed by atoms with van der Waals surface area (Å²) in [4.78, 5) is 0. The predicted octanol–water partition coefficient (Wildman–Crippen LogP) is 2.74. The summed E-state index contributed by atoms with van der Waals surface area (Å²) in [6, 6.07) is 4.71. The van der Waals surface area contributed by atoms with Gasteiger partial charge >= 0.3 is 0 Å². The van der Waals surface area contributed by atoms with Gasteiger partial charge in [0, 0.05) is 13.7 Å². The van der Waals surface area contributed by atoms with Crippen molar-refractivity contribution in [2.75, 3.05) is 19.5 Å². The van der Waals surface area contributed by atoms with Crippen LogP contribution in [0.1, 0.15) is 25.8 Å². The molecule has 1 aromatic carbocycles. The number of nitrogen functional groups attached to an aromatic ring is 1. The lowest BCUT2D eigenvalue weighted by Crippen LogP contribution is -2.24. The van der Waals surface area contributed by atoms with E-state index in [1.807, 2.05) is 13.8 Å². The summed E-state index contributed by atoms with van der Waals surface area (Å²) in [6.45, 7) is 4.96. The smallest absolute Gasteiger partial charge is 0.146 e. The largest absolute Gasteiger partial charge is 0.396 e. The minimum absolute atomic E-state index is 0.161. The number of hydrogen-bond donors (Lipinski definition) is 1. The lowest BCUT2D eigenvalue weighted by Gasteiger charge is -2.22. The molecule has 0 heterocycles. The number of nitrogens with two attached hydrogens (primary N) is 1. The molecule has 0 bridgehead atoms. The Hall–Kier alpha value is -1.13. The molecule has 0 aliphatic rings. The normalized spacial score (nSPS) is 11.8. The van der Waals surface area contributed by atoms with Gasteiger partial charge in [0.2, 0.25) is 0 Å². The highest BCUT2D eigenvalue weighted by Gasteiger charge is 2.15. The zero-order chi connectivity index (χ0) is 12.9. The van der Waals surface area contributed by atoms with Crippen molar-refractivity contribution in [1.82, 2.24) is 0 Å². The van der Waals surface area contributed by atoms with Crippen LogP contribution in [0.25, 0.3) is 0 Å². The molecule has 0 aliphatic heterocycles. The van der Waals surface area contributed by atoms with Crippen LogP contribution in [0, 0.1) is 5.82 Å². The number of anilines is 1. The SMILES string of the molecule is COC(C)(C)CCOCc1ccc(N)c(F)c1. The highest BCUT2D eigenvalue weighted by Crippen LogP contribution is 2.15. The monoisotopic (exact) mass is 241 g/mol. The van der Waals surface area contributed by atoms with Crippen molar-refractivity contribution in [2.24, 2.45) is 0 Å². The van der Waals surface area contributed by atoms with Crippen molar-refractivity contribution >= 4 is 5.69 Å². The molecule has 1 aromatic rings. The van der Waals surface area contributed by atoms with E-state index in [1.54, 1.807) is 19.2 Å². The Morgan fingerprint density at radius 1 is 1.35 bits per heavy atom. The first-order chi connectivity index (χ1) is 7.94. The minimum Gasteiger partial charge on any atom is -0.396 e. The Bertz CT molecular complexity index is 366. The summed E-state index contributed by atoms with van der Waals surface area (Å²) in [5.41, 5.74) is 6.14. The van der Waals surface area contributed by atoms with Crippen LogP contribution in [-0.4, -0.2) is 19.3 Å². The van der Waals surface area contributed by atoms with Crippen LogP contribution >= 0.6 is 0 Å². The molecule has 17 heavy (non-hydrogen) atoms. The molecule has 0 fully saturated rings. The van der Waals surface area contributed by atoms with Gasteiger partial charge in [-0.3, -0.25) is 0 Å². The van der Waals surface area contributed by atoms with Crippen molar-refractivity contribution in [3.05, 3.63) is 29.6 Å². The fourth-order valence-corrected chi connectivity index (χ4v) is 1.27. The van der Waals surface area contributed by atoms with Gasteiger partial charge in [-0.2, -0.15) is 0 Å². The van der Waals surface area contributed by atoms with Crippen molar-refractivity contribution < 1.29 is 13.9 Å². The van der Waals surface area contributed by atoms with Gasteiger partial charge in [-0.15, -0.1) is 0 Å². The van der Waals surface area contributed by atoms with Crippen molar-refractivity contribution in [3.63, 3.8) is 0 Å². The van der Waals surface area contributed by atoms with Gasteiger partial charge in [0.05, 0.1) is 17.9 Å². The first-order valence-corrected chi connectivity index (χ1v) is 5.61. The van der Waals surface area contributed by atoms with E-state index in [2.05, 4.69) is 0 Å². The molecule has 1 rings (SSSR count). The third kappa shape index (κ3) is 4.71. The summed E-state index contributed by atoms with van der Waals surface area (Å²) in [5.74, 6) is -0.400. The Labute approximate surface area is 102 Å². The molecule has 4 heteroatoms. The van der Waals surface area contributed by atoms with E-state index in [0.29, 0.717) is 13.2 Å². The van der Waals surface area contributed by atoms with Crippen LogP contribution < -0.4 is 5.73 Å². The molecule has 3 nitrogen and oxygen atoms in total. The number of ether oxygens (including phenoxy) is 2. The average molecular weight is 241 g/mol.